The molecule has 1 atom stereocenters. The molecule has 3 rings (SSSR count). The van der Waals surface area contributed by atoms with Crippen molar-refractivity contribution in [2.75, 3.05) is 13.2 Å². The van der Waals surface area contributed by atoms with Crippen LogP contribution in [0.2, 0.25) is 0 Å². The van der Waals surface area contributed by atoms with Gasteiger partial charge in [0.2, 0.25) is 0 Å². The van der Waals surface area contributed by atoms with E-state index in [-0.39, 0.29) is 5.91 Å². The van der Waals surface area contributed by atoms with Gasteiger partial charge >= 0.3 is 0 Å². The lowest BCUT2D eigenvalue weighted by molar-refractivity contribution is -0.127. The number of hydrogen-bond donors (Lipinski definition) is 1. The predicted octanol–water partition coefficient (Wildman–Crippen LogP) is 5.14. The van der Waals surface area contributed by atoms with Crippen LogP contribution in [-0.2, 0) is 11.2 Å². The van der Waals surface area contributed by atoms with E-state index in [9.17, 15) is 4.79 Å². The van der Waals surface area contributed by atoms with Crippen LogP contribution in [-0.4, -0.2) is 25.2 Å². The van der Waals surface area contributed by atoms with Gasteiger partial charge in [-0.15, -0.1) is 0 Å². The SMILES string of the molecule is CCCOc1ccccc1CCCNC(=O)[C@@H](C)Oc1cccc2ccccc12. The van der Waals surface area contributed by atoms with Gasteiger partial charge in [-0.2, -0.15) is 0 Å². The van der Waals surface area contributed by atoms with Crippen LogP contribution in [0.3, 0.4) is 0 Å². The Hall–Kier alpha value is -3.01. The van der Waals surface area contributed by atoms with E-state index < -0.39 is 6.10 Å². The number of carbonyl (C=O) groups is 1. The third-order valence-electron chi connectivity index (χ3n) is 4.78. The lowest BCUT2D eigenvalue weighted by atomic mass is 10.1. The van der Waals surface area contributed by atoms with E-state index in [1.807, 2.05) is 60.7 Å². The van der Waals surface area contributed by atoms with Gasteiger partial charge in [-0.05, 0) is 49.3 Å². The third kappa shape index (κ3) is 5.74. The molecule has 3 aromatic rings. The number of hydrogen-bond acceptors (Lipinski definition) is 3. The Labute approximate surface area is 172 Å². The minimum absolute atomic E-state index is 0.103. The summed E-state index contributed by atoms with van der Waals surface area (Å²) in [6, 6.07) is 22.0. The van der Waals surface area contributed by atoms with Gasteiger partial charge in [0, 0.05) is 11.9 Å². The second kappa shape index (κ2) is 10.5. The first-order chi connectivity index (χ1) is 14.2. The lowest BCUT2D eigenvalue weighted by Crippen LogP contribution is -2.37. The van der Waals surface area contributed by atoms with E-state index in [1.54, 1.807) is 6.92 Å². The Morgan fingerprint density at radius 2 is 1.69 bits per heavy atom. The maximum atomic E-state index is 12.4. The van der Waals surface area contributed by atoms with Gasteiger partial charge in [0.05, 0.1) is 6.61 Å². The smallest absolute Gasteiger partial charge is 0.260 e. The molecule has 0 radical (unpaired) electrons. The molecule has 3 aromatic carbocycles. The molecule has 0 aliphatic carbocycles. The van der Waals surface area contributed by atoms with Crippen LogP contribution in [0.15, 0.2) is 66.7 Å². The molecule has 1 N–H and O–H groups in total. The zero-order valence-corrected chi connectivity index (χ0v) is 17.2. The molecular weight excluding hydrogens is 362 g/mol. The highest BCUT2D eigenvalue weighted by molar-refractivity contribution is 5.89. The van der Waals surface area contributed by atoms with Gasteiger partial charge in [-0.3, -0.25) is 4.79 Å². The second-order valence-electron chi connectivity index (χ2n) is 7.09. The molecule has 0 aromatic heterocycles. The topological polar surface area (TPSA) is 47.6 Å². The maximum absolute atomic E-state index is 12.4. The fourth-order valence-electron chi connectivity index (χ4n) is 3.24. The van der Waals surface area contributed by atoms with Crippen molar-refractivity contribution in [1.82, 2.24) is 5.32 Å². The predicted molar refractivity (Wildman–Crippen MR) is 118 cm³/mol. The number of amides is 1. The van der Waals surface area contributed by atoms with Crippen molar-refractivity contribution < 1.29 is 14.3 Å². The summed E-state index contributed by atoms with van der Waals surface area (Å²) in [6.07, 6.45) is 2.14. The molecule has 4 nitrogen and oxygen atoms in total. The molecule has 0 fully saturated rings. The van der Waals surface area contributed by atoms with Gasteiger partial charge in [0.25, 0.3) is 5.91 Å². The fraction of sp³-hybridized carbons (Fsp3) is 0.320. The summed E-state index contributed by atoms with van der Waals surface area (Å²) in [6.45, 7) is 5.20. The van der Waals surface area contributed by atoms with Crippen LogP contribution >= 0.6 is 0 Å². The van der Waals surface area contributed by atoms with Crippen molar-refractivity contribution in [3.8, 4) is 11.5 Å². The fourth-order valence-corrected chi connectivity index (χ4v) is 3.24. The summed E-state index contributed by atoms with van der Waals surface area (Å²) in [5.41, 5.74) is 1.18. The minimum Gasteiger partial charge on any atom is -0.493 e. The molecule has 0 aliphatic rings. The van der Waals surface area contributed by atoms with Crippen LogP contribution in [0, 0.1) is 0 Å². The van der Waals surface area contributed by atoms with Crippen LogP contribution in [0.25, 0.3) is 10.8 Å². The zero-order chi connectivity index (χ0) is 20.5. The number of para-hydroxylation sites is 1. The molecule has 4 heteroatoms. The summed E-state index contributed by atoms with van der Waals surface area (Å²) in [5.74, 6) is 1.56. The molecule has 0 bridgehead atoms. The molecule has 0 unspecified atom stereocenters. The molecule has 1 amide bonds. The Morgan fingerprint density at radius 3 is 2.55 bits per heavy atom. The van der Waals surface area contributed by atoms with E-state index in [0.29, 0.717) is 6.54 Å². The van der Waals surface area contributed by atoms with E-state index in [4.69, 9.17) is 9.47 Å². The largest absolute Gasteiger partial charge is 0.493 e. The monoisotopic (exact) mass is 391 g/mol. The molecule has 0 saturated heterocycles. The molecule has 0 aliphatic heterocycles. The maximum Gasteiger partial charge on any atom is 0.260 e. The minimum atomic E-state index is -0.555. The Balaban J connectivity index is 1.48. The van der Waals surface area contributed by atoms with Crippen molar-refractivity contribution in [2.24, 2.45) is 0 Å². The Morgan fingerprint density at radius 1 is 0.966 bits per heavy atom. The van der Waals surface area contributed by atoms with Gasteiger partial charge in [0.1, 0.15) is 11.5 Å². The number of carbonyl (C=O) groups excluding carboxylic acids is 1. The number of ether oxygens (including phenoxy) is 2. The number of nitrogens with one attached hydrogen (secondary N) is 1. The summed E-state index contributed by atoms with van der Waals surface area (Å²) < 4.78 is 11.7. The van der Waals surface area contributed by atoms with Crippen molar-refractivity contribution in [1.29, 1.82) is 0 Å². The van der Waals surface area contributed by atoms with Crippen LogP contribution < -0.4 is 14.8 Å². The third-order valence-corrected chi connectivity index (χ3v) is 4.78. The second-order valence-corrected chi connectivity index (χ2v) is 7.09. The van der Waals surface area contributed by atoms with Gasteiger partial charge in [-0.1, -0.05) is 61.5 Å². The van der Waals surface area contributed by atoms with Gasteiger partial charge in [0.15, 0.2) is 6.10 Å². The first-order valence-electron chi connectivity index (χ1n) is 10.3. The van der Waals surface area contributed by atoms with Crippen molar-refractivity contribution in [3.05, 3.63) is 72.3 Å². The van der Waals surface area contributed by atoms with E-state index in [1.165, 1.54) is 5.56 Å². The summed E-state index contributed by atoms with van der Waals surface area (Å²) >= 11 is 0. The van der Waals surface area contributed by atoms with E-state index in [2.05, 4.69) is 18.3 Å². The van der Waals surface area contributed by atoms with E-state index >= 15 is 0 Å². The molecule has 29 heavy (non-hydrogen) atoms. The van der Waals surface area contributed by atoms with Crippen LogP contribution in [0.5, 0.6) is 11.5 Å². The highest BCUT2D eigenvalue weighted by Gasteiger charge is 2.15. The average Bonchev–Trinajstić information content (AvgIpc) is 2.76. The molecule has 0 saturated carbocycles. The number of benzene rings is 3. The number of rotatable bonds is 10. The van der Waals surface area contributed by atoms with E-state index in [0.717, 1.165) is 48.1 Å². The molecular formula is C25H29NO3. The van der Waals surface area contributed by atoms with Crippen molar-refractivity contribution >= 4 is 16.7 Å². The average molecular weight is 392 g/mol. The quantitative estimate of drug-likeness (QED) is 0.487. The van der Waals surface area contributed by atoms with Crippen molar-refractivity contribution in [3.63, 3.8) is 0 Å². The summed E-state index contributed by atoms with van der Waals surface area (Å²) in [4.78, 5) is 12.4. The van der Waals surface area contributed by atoms with Crippen molar-refractivity contribution in [2.45, 2.75) is 39.2 Å². The first-order valence-corrected chi connectivity index (χ1v) is 10.3. The molecule has 152 valence electrons. The summed E-state index contributed by atoms with van der Waals surface area (Å²) in [5, 5.41) is 5.09. The van der Waals surface area contributed by atoms with Crippen LogP contribution in [0.1, 0.15) is 32.3 Å². The zero-order valence-electron chi connectivity index (χ0n) is 17.2. The highest BCUT2D eigenvalue weighted by atomic mass is 16.5. The standard InChI is InChI=1S/C25H29NO3/c1-3-18-28-23-15-7-5-11-21(23)13-9-17-26-25(27)19(2)29-24-16-8-12-20-10-4-6-14-22(20)24/h4-8,10-12,14-16,19H,3,9,13,17-18H2,1-2H3,(H,26,27)/t19-/m1/s1. The number of fused-ring (bicyclic) bond motifs is 1. The van der Waals surface area contributed by atoms with Crippen LogP contribution in [0.4, 0.5) is 0 Å². The lowest BCUT2D eigenvalue weighted by Gasteiger charge is -2.16. The number of aryl methyl sites for hydroxylation is 1. The summed E-state index contributed by atoms with van der Waals surface area (Å²) in [7, 11) is 0. The van der Waals surface area contributed by atoms with Gasteiger partial charge < -0.3 is 14.8 Å². The normalized spacial score (nSPS) is 11.8. The van der Waals surface area contributed by atoms with Gasteiger partial charge in [-0.25, -0.2) is 0 Å². The molecule has 0 heterocycles. The Kier molecular flexibility index (Phi) is 7.51. The molecule has 0 spiro atoms. The highest BCUT2D eigenvalue weighted by Crippen LogP contribution is 2.26. The first kappa shape index (κ1) is 20.7. The Bertz CT molecular complexity index is 933.